The van der Waals surface area contributed by atoms with E-state index < -0.39 is 5.41 Å². The molecule has 3 aliphatic carbocycles. The maximum absolute atomic E-state index is 7.17. The van der Waals surface area contributed by atoms with E-state index in [9.17, 15) is 0 Å². The van der Waals surface area contributed by atoms with Gasteiger partial charge in [-0.3, -0.25) is 0 Å². The molecule has 3 aliphatic rings. The van der Waals surface area contributed by atoms with Crippen LogP contribution in [0.5, 0.6) is 0 Å². The molecule has 0 unspecified atom stereocenters. The van der Waals surface area contributed by atoms with Gasteiger partial charge in [-0.15, -0.1) is 0 Å². The molecule has 1 heterocycles. The lowest BCUT2D eigenvalue weighted by atomic mass is 9.70. The smallest absolute Gasteiger partial charge is 0.139 e. The van der Waals surface area contributed by atoms with Gasteiger partial charge in [0.15, 0.2) is 0 Å². The fourth-order valence-corrected chi connectivity index (χ4v) is 12.2. The fourth-order valence-electron chi connectivity index (χ4n) is 12.2. The highest BCUT2D eigenvalue weighted by Gasteiger charge is 2.51. The maximum Gasteiger partial charge on any atom is 0.139 e. The zero-order valence-corrected chi connectivity index (χ0v) is 35.8. The van der Waals surface area contributed by atoms with E-state index in [-0.39, 0.29) is 5.41 Å². The molecule has 65 heavy (non-hydrogen) atoms. The first-order valence-electron chi connectivity index (χ1n) is 22.7. The Morgan fingerprint density at radius 3 is 1.37 bits per heavy atom. The molecule has 0 saturated carbocycles. The van der Waals surface area contributed by atoms with Crippen molar-refractivity contribution in [2.24, 2.45) is 0 Å². The van der Waals surface area contributed by atoms with Crippen LogP contribution < -0.4 is 4.90 Å². The summed E-state index contributed by atoms with van der Waals surface area (Å²) in [4.78, 5) is 2.41. The van der Waals surface area contributed by atoms with E-state index in [1.807, 2.05) is 0 Å². The van der Waals surface area contributed by atoms with Gasteiger partial charge in [0.1, 0.15) is 11.2 Å². The standard InChI is InChI=1S/C63H41NO/c1-62(53-24-10-5-18-45(53)46-19-6-11-25-54(46)62)58-29-15-23-52-51-37-35-44(39-60(51)65-61(52)58)64(42-32-30-41(31-33-42)40-16-3-2-4-17-40)43-34-36-50-49-22-9-14-28-57(49)63(59(50)38-43)55-26-12-7-20-47(55)48-21-8-13-27-56(48)63/h2-39H,1H3. The summed E-state index contributed by atoms with van der Waals surface area (Å²) in [6, 6.07) is 85.1. The predicted octanol–water partition coefficient (Wildman–Crippen LogP) is 16.4. The van der Waals surface area contributed by atoms with Crippen molar-refractivity contribution in [1.82, 2.24) is 0 Å². The molecule has 0 atom stereocenters. The van der Waals surface area contributed by atoms with Crippen molar-refractivity contribution >= 4 is 39.0 Å². The van der Waals surface area contributed by atoms with E-state index in [1.54, 1.807) is 0 Å². The number of furan rings is 1. The van der Waals surface area contributed by atoms with Crippen LogP contribution in [0.15, 0.2) is 235 Å². The third-order valence-corrected chi connectivity index (χ3v) is 15.0. The number of benzene rings is 10. The molecule has 14 rings (SSSR count). The molecule has 1 spiro atoms. The number of rotatable bonds is 5. The second-order valence-corrected chi connectivity index (χ2v) is 18.0. The minimum atomic E-state index is -0.454. The number of anilines is 3. The van der Waals surface area contributed by atoms with Crippen molar-refractivity contribution in [3.05, 3.63) is 269 Å². The minimum Gasteiger partial charge on any atom is -0.456 e. The molecule has 0 N–H and O–H groups in total. The largest absolute Gasteiger partial charge is 0.456 e. The number of nitrogens with zero attached hydrogens (tertiary/aromatic N) is 1. The average molecular weight is 828 g/mol. The highest BCUT2D eigenvalue weighted by molar-refractivity contribution is 6.08. The summed E-state index contributed by atoms with van der Waals surface area (Å²) < 4.78 is 7.17. The van der Waals surface area contributed by atoms with Gasteiger partial charge in [0.05, 0.1) is 5.41 Å². The Labute approximate surface area is 378 Å². The molecule has 0 bridgehead atoms. The number of fused-ring (bicyclic) bond motifs is 16. The first-order chi connectivity index (χ1) is 32.1. The van der Waals surface area contributed by atoms with Crippen LogP contribution >= 0.6 is 0 Å². The highest BCUT2D eigenvalue weighted by Crippen LogP contribution is 2.63. The third kappa shape index (κ3) is 4.83. The quantitative estimate of drug-likeness (QED) is 0.172. The van der Waals surface area contributed by atoms with E-state index in [0.29, 0.717) is 0 Å². The van der Waals surface area contributed by atoms with Gasteiger partial charge in [-0.1, -0.05) is 188 Å². The summed E-state index contributed by atoms with van der Waals surface area (Å²) in [7, 11) is 0. The van der Waals surface area contributed by atoms with Crippen LogP contribution in [0.2, 0.25) is 0 Å². The first-order valence-corrected chi connectivity index (χ1v) is 22.7. The van der Waals surface area contributed by atoms with Crippen LogP contribution in [-0.4, -0.2) is 0 Å². The summed E-state index contributed by atoms with van der Waals surface area (Å²) in [5.74, 6) is 0. The van der Waals surface area contributed by atoms with Crippen LogP contribution in [0.3, 0.4) is 0 Å². The van der Waals surface area contributed by atoms with Gasteiger partial charge in [0.25, 0.3) is 0 Å². The van der Waals surface area contributed by atoms with E-state index in [4.69, 9.17) is 4.42 Å². The van der Waals surface area contributed by atoms with Crippen LogP contribution in [-0.2, 0) is 10.8 Å². The fraction of sp³-hybridized carbons (Fsp3) is 0.0476. The van der Waals surface area contributed by atoms with Crippen LogP contribution in [0.25, 0.3) is 66.4 Å². The van der Waals surface area contributed by atoms with Crippen molar-refractivity contribution in [3.63, 3.8) is 0 Å². The van der Waals surface area contributed by atoms with E-state index in [0.717, 1.165) is 39.0 Å². The number of para-hydroxylation sites is 1. The maximum atomic E-state index is 7.17. The Kier molecular flexibility index (Phi) is 7.49. The summed E-state index contributed by atoms with van der Waals surface area (Å²) in [5, 5.41) is 2.23. The van der Waals surface area contributed by atoms with Crippen LogP contribution in [0, 0.1) is 0 Å². The SMILES string of the molecule is CC1(c2cccc3c2oc2cc(N(c4ccc(-c5ccccc5)cc4)c4ccc5c(c4)C4(c6ccccc6-c6ccccc64)c4ccccc4-5)ccc23)c2ccccc2-c2ccccc21. The van der Waals surface area contributed by atoms with Gasteiger partial charge in [0, 0.05) is 44.9 Å². The van der Waals surface area contributed by atoms with E-state index in [1.165, 1.54) is 83.5 Å². The topological polar surface area (TPSA) is 16.4 Å². The van der Waals surface area contributed by atoms with Crippen LogP contribution in [0.4, 0.5) is 17.1 Å². The normalized spacial score (nSPS) is 14.2. The molecule has 11 aromatic rings. The highest BCUT2D eigenvalue weighted by atomic mass is 16.3. The Balaban J connectivity index is 0.982. The number of hydrogen-bond donors (Lipinski definition) is 0. The molecular weight excluding hydrogens is 787 g/mol. The van der Waals surface area contributed by atoms with Crippen LogP contribution in [0.1, 0.15) is 45.9 Å². The lowest BCUT2D eigenvalue weighted by molar-refractivity contribution is 0.638. The molecule has 0 saturated heterocycles. The summed E-state index contributed by atoms with van der Waals surface area (Å²) in [6.45, 7) is 2.37. The molecular formula is C63H41NO. The zero-order chi connectivity index (χ0) is 42.9. The average Bonchev–Trinajstić information content (AvgIpc) is 4.07. The first kappa shape index (κ1) is 36.3. The Morgan fingerprint density at radius 1 is 0.323 bits per heavy atom. The second kappa shape index (κ2) is 13.4. The molecule has 0 amide bonds. The Hall–Kier alpha value is -8.20. The van der Waals surface area contributed by atoms with E-state index in [2.05, 4.69) is 242 Å². The monoisotopic (exact) mass is 827 g/mol. The van der Waals surface area contributed by atoms with Gasteiger partial charge < -0.3 is 9.32 Å². The summed E-state index contributed by atoms with van der Waals surface area (Å²) >= 11 is 0. The summed E-state index contributed by atoms with van der Waals surface area (Å²) in [6.07, 6.45) is 0. The molecule has 2 nitrogen and oxygen atoms in total. The molecule has 0 aliphatic heterocycles. The molecule has 0 fully saturated rings. The Bertz CT molecular complexity index is 3630. The zero-order valence-electron chi connectivity index (χ0n) is 35.8. The molecule has 1 aromatic heterocycles. The second-order valence-electron chi connectivity index (χ2n) is 18.0. The summed E-state index contributed by atoms with van der Waals surface area (Å²) in [5.41, 5.74) is 23.4. The lowest BCUT2D eigenvalue weighted by Crippen LogP contribution is -2.26. The Morgan fingerprint density at radius 2 is 0.769 bits per heavy atom. The molecule has 10 aromatic carbocycles. The molecule has 2 heteroatoms. The van der Waals surface area contributed by atoms with E-state index >= 15 is 0 Å². The lowest BCUT2D eigenvalue weighted by Gasteiger charge is -2.32. The van der Waals surface area contributed by atoms with Crippen molar-refractivity contribution in [2.45, 2.75) is 17.8 Å². The third-order valence-electron chi connectivity index (χ3n) is 15.0. The molecule has 0 radical (unpaired) electrons. The van der Waals surface area contributed by atoms with Gasteiger partial charge in [-0.25, -0.2) is 0 Å². The van der Waals surface area contributed by atoms with Gasteiger partial charge in [0.2, 0.25) is 0 Å². The number of hydrogen-bond acceptors (Lipinski definition) is 2. The van der Waals surface area contributed by atoms with Gasteiger partial charge >= 0.3 is 0 Å². The minimum absolute atomic E-state index is 0.384. The van der Waals surface area contributed by atoms with Gasteiger partial charge in [-0.05, 0) is 121 Å². The molecule has 304 valence electrons. The van der Waals surface area contributed by atoms with Crippen molar-refractivity contribution in [3.8, 4) is 44.5 Å². The van der Waals surface area contributed by atoms with Crippen molar-refractivity contribution in [1.29, 1.82) is 0 Å². The van der Waals surface area contributed by atoms with Crippen molar-refractivity contribution in [2.75, 3.05) is 4.90 Å². The van der Waals surface area contributed by atoms with Crippen molar-refractivity contribution < 1.29 is 4.42 Å². The van der Waals surface area contributed by atoms with Gasteiger partial charge in [-0.2, -0.15) is 0 Å². The predicted molar refractivity (Wildman–Crippen MR) is 268 cm³/mol.